The third kappa shape index (κ3) is 8.35. The van der Waals surface area contributed by atoms with Crippen LogP contribution in [0.4, 0.5) is 0 Å². The van der Waals surface area contributed by atoms with Gasteiger partial charge in [-0.1, -0.05) is 7.43 Å². The Kier molecular flexibility index (Phi) is 13.1. The molecule has 234 valence electrons. The molecular weight excluding hydrogens is 635 g/mol. The first-order valence-electron chi connectivity index (χ1n) is 13.6. The van der Waals surface area contributed by atoms with Crippen LogP contribution in [0.1, 0.15) is 52.5 Å². The average Bonchev–Trinajstić information content (AvgIpc) is 3.84. The van der Waals surface area contributed by atoms with E-state index in [4.69, 9.17) is 27.6 Å². The highest BCUT2D eigenvalue weighted by atomic mass is 32.2. The first kappa shape index (κ1) is 35.4. The number of hydrogen-bond acceptors (Lipinski definition) is 12. The number of thioether (sulfide) groups is 1. The zero-order valence-electron chi connectivity index (χ0n) is 23.6. The monoisotopic (exact) mass is 671 g/mol. The number of aryl methyl sites for hydroxylation is 4. The highest BCUT2D eigenvalue weighted by Gasteiger charge is 2.26. The molecule has 44 heavy (non-hydrogen) atoms. The van der Waals surface area contributed by atoms with Crippen LogP contribution in [0.2, 0.25) is 0 Å². The lowest BCUT2D eigenvalue weighted by Crippen LogP contribution is -2.37. The van der Waals surface area contributed by atoms with Gasteiger partial charge in [0.1, 0.15) is 22.2 Å². The summed E-state index contributed by atoms with van der Waals surface area (Å²) in [4.78, 5) is 34.5. The average molecular weight is 672 g/mol. The second kappa shape index (κ2) is 16.3. The third-order valence-corrected chi connectivity index (χ3v) is 10.5. The minimum Gasteiger partial charge on any atom is -0.400 e. The number of carbonyl (C=O) groups excluding carboxylic acids is 2. The molecule has 1 aliphatic heterocycles. The lowest BCUT2D eigenvalue weighted by molar-refractivity contribution is -0.119. The highest BCUT2D eigenvalue weighted by Crippen LogP contribution is 2.34. The van der Waals surface area contributed by atoms with E-state index in [1.165, 1.54) is 70.4 Å². The molecule has 3 heterocycles. The molecule has 7 N–H and O–H groups in total. The van der Waals surface area contributed by atoms with Gasteiger partial charge in [-0.3, -0.25) is 14.6 Å². The molecule has 0 saturated heterocycles. The minimum atomic E-state index is -0.594. The van der Waals surface area contributed by atoms with Crippen LogP contribution in [0, 0.1) is 11.3 Å². The molecule has 3 aliphatic rings. The summed E-state index contributed by atoms with van der Waals surface area (Å²) in [5.74, 6) is 0.0921. The Labute approximate surface area is 274 Å². The number of rotatable bonds is 4. The lowest BCUT2D eigenvalue weighted by atomic mass is 10.1. The molecule has 0 fully saturated rings. The SMILES string of the molecule is C.CO.N#Cc1nc2cc3c(cc2s1)CCC3.NC(=O)[C@H](N)CS.NC(=O)[C@H]1CSC(c2nc3cc4c(cc3s2)CCC4)=N1. The van der Waals surface area contributed by atoms with Crippen LogP contribution in [0.3, 0.4) is 0 Å². The van der Waals surface area contributed by atoms with Gasteiger partial charge in [-0.25, -0.2) is 9.97 Å². The molecule has 2 atom stereocenters. The number of nitrogens with two attached hydrogens (primary N) is 3. The molecule has 0 saturated carbocycles. The van der Waals surface area contributed by atoms with Crippen molar-refractivity contribution < 1.29 is 14.7 Å². The van der Waals surface area contributed by atoms with Crippen LogP contribution in [-0.4, -0.2) is 62.6 Å². The van der Waals surface area contributed by atoms with Crippen molar-refractivity contribution >= 4 is 84.4 Å². The zero-order valence-corrected chi connectivity index (χ0v) is 26.9. The van der Waals surface area contributed by atoms with Crippen molar-refractivity contribution in [2.45, 2.75) is 58.0 Å². The van der Waals surface area contributed by atoms with E-state index in [-0.39, 0.29) is 13.3 Å². The van der Waals surface area contributed by atoms with Gasteiger partial charge in [0.15, 0.2) is 5.01 Å². The van der Waals surface area contributed by atoms with E-state index < -0.39 is 18.0 Å². The third-order valence-electron chi connectivity index (χ3n) is 7.02. The first-order valence-corrected chi connectivity index (χ1v) is 16.9. The van der Waals surface area contributed by atoms with E-state index in [0.29, 0.717) is 16.5 Å². The number of aromatic nitrogens is 2. The Morgan fingerprint density at radius 2 is 1.50 bits per heavy atom. The van der Waals surface area contributed by atoms with Gasteiger partial charge in [-0.2, -0.15) is 17.9 Å². The molecule has 0 bridgehead atoms. The Hall–Kier alpha value is -3.06. The van der Waals surface area contributed by atoms with E-state index in [0.717, 1.165) is 39.3 Å². The summed E-state index contributed by atoms with van der Waals surface area (Å²) in [5.41, 5.74) is 22.9. The normalized spacial score (nSPS) is 16.4. The number of nitrogens with zero attached hydrogens (tertiary/aromatic N) is 4. The summed E-state index contributed by atoms with van der Waals surface area (Å²) in [6, 6.07) is 9.94. The largest absolute Gasteiger partial charge is 0.400 e. The van der Waals surface area contributed by atoms with Crippen LogP contribution >= 0.6 is 47.1 Å². The fourth-order valence-electron chi connectivity index (χ4n) is 4.85. The van der Waals surface area contributed by atoms with Gasteiger partial charge < -0.3 is 22.3 Å². The summed E-state index contributed by atoms with van der Waals surface area (Å²) >= 11 is 8.45. The molecule has 14 heteroatoms. The van der Waals surface area contributed by atoms with E-state index >= 15 is 0 Å². The standard InChI is InChI=1S/C14H13N3OS2.C11H8N2S.C3H8N2OS.CH4O.CH4/c15-12(18)10-6-19-13(17-10)14-16-9-4-7-2-1-3-8(7)5-11(9)20-14;12-6-11-13-9-4-7-2-1-3-8(7)5-10(9)14-11;4-2(1-7)3(5)6;1-2;/h4-5,10H,1-3,6H2,(H2,15,18);4-5H,1-3H2;2,7H,1,4H2,(H2,5,6);2H,1H3;1H4/t10-;;2-;;/m1.1../s1. The number of primary amides is 2. The van der Waals surface area contributed by atoms with Gasteiger partial charge in [-0.15, -0.1) is 34.4 Å². The molecule has 0 radical (unpaired) electrons. The zero-order chi connectivity index (χ0) is 31.1. The van der Waals surface area contributed by atoms with Crippen molar-refractivity contribution in [2.75, 3.05) is 18.6 Å². The highest BCUT2D eigenvalue weighted by molar-refractivity contribution is 8.15. The van der Waals surface area contributed by atoms with E-state index in [9.17, 15) is 9.59 Å². The second-order valence-corrected chi connectivity index (χ2v) is 13.3. The predicted molar refractivity (Wildman–Crippen MR) is 186 cm³/mol. The van der Waals surface area contributed by atoms with E-state index in [1.54, 1.807) is 23.1 Å². The molecule has 0 unspecified atom stereocenters. The lowest BCUT2D eigenvalue weighted by Gasteiger charge is -1.98. The molecule has 2 aromatic carbocycles. The molecular formula is C30H37N7O3S4. The van der Waals surface area contributed by atoms with Crippen molar-refractivity contribution in [1.29, 1.82) is 5.26 Å². The Bertz CT molecular complexity index is 1630. The Morgan fingerprint density at radius 3 is 1.95 bits per heavy atom. The predicted octanol–water partition coefficient (Wildman–Crippen LogP) is 3.76. The minimum absolute atomic E-state index is 0. The molecule has 2 aliphatic carbocycles. The molecule has 2 aromatic heterocycles. The van der Waals surface area contributed by atoms with Gasteiger partial charge in [0.05, 0.1) is 26.5 Å². The number of nitriles is 1. The van der Waals surface area contributed by atoms with Crippen LogP contribution < -0.4 is 17.2 Å². The van der Waals surface area contributed by atoms with Crippen LogP contribution in [0.25, 0.3) is 20.4 Å². The number of thiol groups is 1. The summed E-state index contributed by atoms with van der Waals surface area (Å²) < 4.78 is 2.37. The van der Waals surface area contributed by atoms with E-state index in [1.807, 2.05) is 0 Å². The molecule has 0 spiro atoms. The van der Waals surface area contributed by atoms with Gasteiger partial charge in [0.2, 0.25) is 11.8 Å². The van der Waals surface area contributed by atoms with Crippen molar-refractivity contribution in [1.82, 2.24) is 9.97 Å². The van der Waals surface area contributed by atoms with Gasteiger partial charge in [-0.05, 0) is 85.0 Å². The number of thiazole rings is 2. The van der Waals surface area contributed by atoms with Crippen LogP contribution in [0.15, 0.2) is 29.3 Å². The molecule has 10 nitrogen and oxygen atoms in total. The summed E-state index contributed by atoms with van der Waals surface area (Å²) in [6.45, 7) is 0. The molecule has 2 amide bonds. The fourth-order valence-corrected chi connectivity index (χ4v) is 7.97. The first-order chi connectivity index (χ1) is 20.7. The van der Waals surface area contributed by atoms with E-state index in [2.05, 4.69) is 57.9 Å². The van der Waals surface area contributed by atoms with Crippen LogP contribution in [0.5, 0.6) is 0 Å². The number of aliphatic hydroxyl groups is 1. The van der Waals surface area contributed by atoms with Gasteiger partial charge in [0.25, 0.3) is 0 Å². The number of benzene rings is 2. The summed E-state index contributed by atoms with van der Waals surface area (Å²) in [6.07, 6.45) is 7.21. The second-order valence-electron chi connectivity index (χ2n) is 9.89. The maximum absolute atomic E-state index is 11.2. The number of hydrogen-bond donors (Lipinski definition) is 5. The quantitative estimate of drug-likeness (QED) is 0.202. The topological polar surface area (TPSA) is 194 Å². The number of carbonyl (C=O) groups is 2. The Morgan fingerprint density at radius 1 is 0.977 bits per heavy atom. The molecule has 4 aromatic rings. The maximum atomic E-state index is 11.2. The maximum Gasteiger partial charge on any atom is 0.243 e. The summed E-state index contributed by atoms with van der Waals surface area (Å²) in [5, 5.41) is 18.1. The summed E-state index contributed by atoms with van der Waals surface area (Å²) in [7, 11) is 1.00. The van der Waals surface area contributed by atoms with Crippen LogP contribution in [-0.2, 0) is 35.3 Å². The number of aliphatic imine (C=N–C) groups is 1. The number of fused-ring (bicyclic) bond motifs is 4. The number of amides is 2. The van der Waals surface area contributed by atoms with Crippen molar-refractivity contribution in [3.05, 3.63) is 56.5 Å². The molecule has 7 rings (SSSR count). The Balaban J connectivity index is 0.000000193. The smallest absolute Gasteiger partial charge is 0.243 e. The number of aliphatic hydroxyl groups excluding tert-OH is 1. The van der Waals surface area contributed by atoms with Crippen molar-refractivity contribution in [3.63, 3.8) is 0 Å². The van der Waals surface area contributed by atoms with Gasteiger partial charge in [0, 0.05) is 18.6 Å². The van der Waals surface area contributed by atoms with Crippen molar-refractivity contribution in [2.24, 2.45) is 22.2 Å². The van der Waals surface area contributed by atoms with Crippen molar-refractivity contribution in [3.8, 4) is 6.07 Å². The fraction of sp³-hybridized carbons (Fsp3) is 0.400. The van der Waals surface area contributed by atoms with Gasteiger partial charge >= 0.3 is 0 Å².